The van der Waals surface area contributed by atoms with Gasteiger partial charge in [-0.25, -0.2) is 19.4 Å². The van der Waals surface area contributed by atoms with Gasteiger partial charge < -0.3 is 9.47 Å². The van der Waals surface area contributed by atoms with Crippen molar-refractivity contribution in [2.45, 2.75) is 13.8 Å². The first-order valence-corrected chi connectivity index (χ1v) is 7.53. The summed E-state index contributed by atoms with van der Waals surface area (Å²) in [6, 6.07) is 12.6. The zero-order valence-corrected chi connectivity index (χ0v) is 13.5. The van der Waals surface area contributed by atoms with Gasteiger partial charge in [0.2, 0.25) is 0 Å². The molecule has 0 spiro atoms. The molecule has 0 amide bonds. The third-order valence-corrected chi connectivity index (χ3v) is 3.00. The van der Waals surface area contributed by atoms with E-state index in [0.717, 1.165) is 0 Å². The van der Waals surface area contributed by atoms with Crippen LogP contribution in [0.4, 0.5) is 0 Å². The second kappa shape index (κ2) is 8.57. The van der Waals surface area contributed by atoms with Gasteiger partial charge in [-0.2, -0.15) is 0 Å². The van der Waals surface area contributed by atoms with E-state index in [0.29, 0.717) is 24.7 Å². The average Bonchev–Trinajstić information content (AvgIpc) is 2.61. The molecule has 0 bridgehead atoms. The van der Waals surface area contributed by atoms with Gasteiger partial charge in [-0.1, -0.05) is 0 Å². The maximum atomic E-state index is 11.8. The number of rotatable bonds is 6. The van der Waals surface area contributed by atoms with Crippen molar-refractivity contribution in [2.24, 2.45) is 0 Å². The fourth-order valence-corrected chi connectivity index (χ4v) is 1.88. The Kier molecular flexibility index (Phi) is 6.19. The highest BCUT2D eigenvalue weighted by molar-refractivity contribution is 5.92. The second-order valence-electron chi connectivity index (χ2n) is 4.66. The first-order chi connectivity index (χ1) is 11.6. The van der Waals surface area contributed by atoms with Crippen LogP contribution in [-0.2, 0) is 9.78 Å². The lowest BCUT2D eigenvalue weighted by Gasteiger charge is -2.06. The number of benzene rings is 2. The van der Waals surface area contributed by atoms with Crippen LogP contribution >= 0.6 is 0 Å². The van der Waals surface area contributed by atoms with E-state index in [9.17, 15) is 9.59 Å². The van der Waals surface area contributed by atoms with E-state index < -0.39 is 11.9 Å². The summed E-state index contributed by atoms with van der Waals surface area (Å²) in [5.74, 6) is -0.254. The third-order valence-electron chi connectivity index (χ3n) is 3.00. The van der Waals surface area contributed by atoms with Gasteiger partial charge in [-0.05, 0) is 62.4 Å². The van der Waals surface area contributed by atoms with Crippen molar-refractivity contribution >= 4 is 11.9 Å². The number of carbonyl (C=O) groups is 2. The Labute approximate surface area is 139 Å². The lowest BCUT2D eigenvalue weighted by Crippen LogP contribution is -2.11. The first-order valence-electron chi connectivity index (χ1n) is 7.53. The van der Waals surface area contributed by atoms with Crippen molar-refractivity contribution in [2.75, 3.05) is 13.2 Å². The van der Waals surface area contributed by atoms with E-state index >= 15 is 0 Å². The van der Waals surface area contributed by atoms with E-state index in [-0.39, 0.29) is 11.1 Å². The zero-order chi connectivity index (χ0) is 17.4. The molecule has 0 aromatic heterocycles. The fraction of sp³-hybridized carbons (Fsp3) is 0.222. The first kappa shape index (κ1) is 17.3. The molecule has 2 rings (SSSR count). The van der Waals surface area contributed by atoms with Crippen molar-refractivity contribution in [1.82, 2.24) is 0 Å². The van der Waals surface area contributed by atoms with Gasteiger partial charge in [0.15, 0.2) is 0 Å². The Bertz CT molecular complexity index is 614. The maximum Gasteiger partial charge on any atom is 0.386 e. The molecule has 24 heavy (non-hydrogen) atoms. The molecular weight excluding hydrogens is 312 g/mol. The third kappa shape index (κ3) is 4.74. The molecule has 0 atom stereocenters. The largest absolute Gasteiger partial charge is 0.494 e. The highest BCUT2D eigenvalue weighted by atomic mass is 17.2. The van der Waals surface area contributed by atoms with Crippen LogP contribution in [-0.4, -0.2) is 25.2 Å². The van der Waals surface area contributed by atoms with Crippen LogP contribution in [0, 0.1) is 0 Å². The number of hydrogen-bond acceptors (Lipinski definition) is 6. The zero-order valence-electron chi connectivity index (χ0n) is 13.5. The number of hydrogen-bond donors (Lipinski definition) is 0. The highest BCUT2D eigenvalue weighted by Crippen LogP contribution is 2.15. The van der Waals surface area contributed by atoms with E-state index in [1.165, 1.54) is 24.3 Å². The summed E-state index contributed by atoms with van der Waals surface area (Å²) in [4.78, 5) is 32.8. The molecule has 2 aromatic carbocycles. The lowest BCUT2D eigenvalue weighted by atomic mass is 10.2. The molecule has 0 saturated carbocycles. The molecule has 2 aromatic rings. The summed E-state index contributed by atoms with van der Waals surface area (Å²) in [5, 5.41) is 0. The van der Waals surface area contributed by atoms with Gasteiger partial charge in [0, 0.05) is 0 Å². The fourth-order valence-electron chi connectivity index (χ4n) is 1.88. The summed E-state index contributed by atoms with van der Waals surface area (Å²) in [5.41, 5.74) is 0.496. The molecule has 0 heterocycles. The van der Waals surface area contributed by atoms with Gasteiger partial charge in [-0.15, -0.1) is 0 Å². The summed E-state index contributed by atoms with van der Waals surface area (Å²) >= 11 is 0. The maximum absolute atomic E-state index is 11.8. The molecule has 6 heteroatoms. The van der Waals surface area contributed by atoms with E-state index in [2.05, 4.69) is 9.78 Å². The highest BCUT2D eigenvalue weighted by Gasteiger charge is 2.14. The predicted octanol–water partition coefficient (Wildman–Crippen LogP) is 3.41. The van der Waals surface area contributed by atoms with Crippen molar-refractivity contribution < 1.29 is 28.8 Å². The van der Waals surface area contributed by atoms with Gasteiger partial charge in [0.25, 0.3) is 0 Å². The van der Waals surface area contributed by atoms with Crippen LogP contribution in [0.5, 0.6) is 11.5 Å². The van der Waals surface area contributed by atoms with Crippen LogP contribution in [0.1, 0.15) is 34.6 Å². The minimum absolute atomic E-state index is 0.248. The molecular formula is C18H18O6. The Hall–Kier alpha value is -3.02. The van der Waals surface area contributed by atoms with Gasteiger partial charge in [0.05, 0.1) is 24.3 Å². The van der Waals surface area contributed by atoms with Crippen LogP contribution in [0.2, 0.25) is 0 Å². The standard InChI is InChI=1S/C18H18O6/c1-3-21-15-9-5-13(6-10-15)17(19)23-24-18(20)14-7-11-16(12-8-14)22-4-2/h5-12H,3-4H2,1-2H3. The van der Waals surface area contributed by atoms with E-state index in [4.69, 9.17) is 9.47 Å². The normalized spacial score (nSPS) is 9.92. The van der Waals surface area contributed by atoms with Crippen molar-refractivity contribution in [1.29, 1.82) is 0 Å². The summed E-state index contributed by atoms with van der Waals surface area (Å²) < 4.78 is 10.6. The lowest BCUT2D eigenvalue weighted by molar-refractivity contribution is -0.187. The summed E-state index contributed by atoms with van der Waals surface area (Å²) in [7, 11) is 0. The predicted molar refractivity (Wildman–Crippen MR) is 86.1 cm³/mol. The van der Waals surface area contributed by atoms with Crippen LogP contribution in [0.15, 0.2) is 48.5 Å². The van der Waals surface area contributed by atoms with Crippen LogP contribution in [0.3, 0.4) is 0 Å². The summed E-state index contributed by atoms with van der Waals surface area (Å²) in [6.07, 6.45) is 0. The molecule has 0 aliphatic rings. The van der Waals surface area contributed by atoms with Crippen LogP contribution in [0.25, 0.3) is 0 Å². The molecule has 0 N–H and O–H groups in total. The molecule has 0 radical (unpaired) electrons. The van der Waals surface area contributed by atoms with Crippen molar-refractivity contribution in [3.05, 3.63) is 59.7 Å². The SMILES string of the molecule is CCOc1ccc(C(=O)OOC(=O)c2ccc(OCC)cc2)cc1. The Balaban J connectivity index is 1.89. The molecule has 126 valence electrons. The number of ether oxygens (including phenoxy) is 2. The van der Waals surface area contributed by atoms with Gasteiger partial charge >= 0.3 is 11.9 Å². The van der Waals surface area contributed by atoms with E-state index in [1.807, 2.05) is 13.8 Å². The topological polar surface area (TPSA) is 71.1 Å². The Morgan fingerprint density at radius 3 is 1.29 bits per heavy atom. The van der Waals surface area contributed by atoms with Crippen LogP contribution < -0.4 is 9.47 Å². The summed E-state index contributed by atoms with van der Waals surface area (Å²) in [6.45, 7) is 4.79. The molecule has 0 aliphatic carbocycles. The van der Waals surface area contributed by atoms with Crippen molar-refractivity contribution in [3.8, 4) is 11.5 Å². The molecule has 6 nitrogen and oxygen atoms in total. The van der Waals surface area contributed by atoms with Crippen molar-refractivity contribution in [3.63, 3.8) is 0 Å². The second-order valence-corrected chi connectivity index (χ2v) is 4.66. The quantitative estimate of drug-likeness (QED) is 0.597. The molecule has 0 aliphatic heterocycles. The molecule has 0 saturated heterocycles. The van der Waals surface area contributed by atoms with E-state index in [1.54, 1.807) is 24.3 Å². The molecule has 0 fully saturated rings. The molecule has 0 unspecified atom stereocenters. The average molecular weight is 330 g/mol. The Morgan fingerprint density at radius 2 is 1.00 bits per heavy atom. The smallest absolute Gasteiger partial charge is 0.386 e. The monoisotopic (exact) mass is 330 g/mol. The number of carbonyl (C=O) groups excluding carboxylic acids is 2. The Morgan fingerprint density at radius 1 is 0.667 bits per heavy atom. The minimum atomic E-state index is -0.766. The van der Waals surface area contributed by atoms with Gasteiger partial charge in [0.1, 0.15) is 11.5 Å². The van der Waals surface area contributed by atoms with Gasteiger partial charge in [-0.3, -0.25) is 0 Å². The minimum Gasteiger partial charge on any atom is -0.494 e.